The normalized spacial score (nSPS) is 45.1. The Kier molecular flexibility index (Phi) is 3.40. The summed E-state index contributed by atoms with van der Waals surface area (Å²) in [6.07, 6.45) is -0.701. The van der Waals surface area contributed by atoms with Crippen LogP contribution in [0.4, 0.5) is 0 Å². The van der Waals surface area contributed by atoms with Gasteiger partial charge in [0.15, 0.2) is 11.6 Å². The Bertz CT molecular complexity index is 382. The number of rotatable bonds is 3. The lowest BCUT2D eigenvalue weighted by molar-refractivity contribution is -0.298. The largest absolute Gasteiger partial charge is 0.376 e. The molecule has 0 saturated carbocycles. The van der Waals surface area contributed by atoms with Crippen LogP contribution in [0, 0.1) is 0 Å². The molecule has 3 aliphatic rings. The van der Waals surface area contributed by atoms with Gasteiger partial charge in [-0.2, -0.15) is 0 Å². The van der Waals surface area contributed by atoms with E-state index in [4.69, 9.17) is 28.4 Å². The topological polar surface area (TPSA) is 55.4 Å². The van der Waals surface area contributed by atoms with Crippen molar-refractivity contribution in [1.82, 2.24) is 0 Å². The molecule has 0 aromatic heterocycles. The maximum Gasteiger partial charge on any atom is 0.224 e. The highest BCUT2D eigenvalue weighted by atomic mass is 16.9. The molecule has 0 aromatic rings. The lowest BCUT2D eigenvalue weighted by Gasteiger charge is -2.40. The summed E-state index contributed by atoms with van der Waals surface area (Å²) < 4.78 is 35.4. The molecule has 0 bridgehead atoms. The Labute approximate surface area is 119 Å². The summed E-state index contributed by atoms with van der Waals surface area (Å²) in [5.41, 5.74) is 0. The maximum absolute atomic E-state index is 6.03. The quantitative estimate of drug-likeness (QED) is 0.783. The summed E-state index contributed by atoms with van der Waals surface area (Å²) in [6.45, 7) is 10.8. The second kappa shape index (κ2) is 4.63. The van der Waals surface area contributed by atoms with Crippen molar-refractivity contribution in [2.24, 2.45) is 0 Å². The number of hydrogen-bond acceptors (Lipinski definition) is 6. The summed E-state index contributed by atoms with van der Waals surface area (Å²) in [7, 11) is 0. The third-order valence-electron chi connectivity index (χ3n) is 3.78. The molecule has 0 radical (unpaired) electrons. The van der Waals surface area contributed by atoms with Crippen LogP contribution in [-0.4, -0.2) is 55.5 Å². The van der Waals surface area contributed by atoms with Crippen LogP contribution in [0.5, 0.6) is 0 Å². The van der Waals surface area contributed by atoms with Crippen LogP contribution >= 0.6 is 0 Å². The molecule has 3 rings (SSSR count). The molecule has 3 aliphatic heterocycles. The molecular formula is C14H24O6. The molecule has 0 amide bonds. The van der Waals surface area contributed by atoms with Gasteiger partial charge < -0.3 is 28.4 Å². The van der Waals surface area contributed by atoms with Gasteiger partial charge in [-0.3, -0.25) is 0 Å². The van der Waals surface area contributed by atoms with Gasteiger partial charge in [-0.25, -0.2) is 0 Å². The van der Waals surface area contributed by atoms with Crippen LogP contribution in [0.1, 0.15) is 34.6 Å². The predicted octanol–water partition coefficient (Wildman–Crippen LogP) is 1.42. The van der Waals surface area contributed by atoms with Gasteiger partial charge >= 0.3 is 0 Å². The summed E-state index contributed by atoms with van der Waals surface area (Å²) in [6, 6.07) is 0. The highest BCUT2D eigenvalue weighted by molar-refractivity contribution is 5.03. The van der Waals surface area contributed by atoms with Gasteiger partial charge in [0.05, 0.1) is 6.61 Å². The molecule has 0 unspecified atom stereocenters. The van der Waals surface area contributed by atoms with E-state index in [2.05, 4.69) is 0 Å². The van der Waals surface area contributed by atoms with Crippen LogP contribution in [0.15, 0.2) is 0 Å². The first kappa shape index (κ1) is 14.7. The monoisotopic (exact) mass is 288 g/mol. The van der Waals surface area contributed by atoms with E-state index >= 15 is 0 Å². The van der Waals surface area contributed by atoms with Gasteiger partial charge in [0.1, 0.15) is 24.9 Å². The second-order valence-electron chi connectivity index (χ2n) is 6.44. The minimum Gasteiger partial charge on any atom is -0.376 e. The first-order valence-corrected chi connectivity index (χ1v) is 7.22. The minimum atomic E-state index is -0.912. The average molecular weight is 288 g/mol. The SMILES string of the molecule is CCOC[C@@]12OC[C@H]3OC(C)(C)O[C@H]3[C@@H]1OC(C)(C)O2. The van der Waals surface area contributed by atoms with Crippen molar-refractivity contribution in [2.45, 2.75) is 70.3 Å². The van der Waals surface area contributed by atoms with Crippen LogP contribution in [0.3, 0.4) is 0 Å². The van der Waals surface area contributed by atoms with E-state index in [9.17, 15) is 0 Å². The Morgan fingerprint density at radius 2 is 1.80 bits per heavy atom. The van der Waals surface area contributed by atoms with Gasteiger partial charge in [0.2, 0.25) is 5.79 Å². The summed E-state index contributed by atoms with van der Waals surface area (Å²) in [5, 5.41) is 0. The van der Waals surface area contributed by atoms with E-state index in [1.165, 1.54) is 0 Å². The zero-order chi connectivity index (χ0) is 14.6. The molecule has 6 nitrogen and oxygen atoms in total. The Morgan fingerprint density at radius 3 is 2.50 bits per heavy atom. The van der Waals surface area contributed by atoms with E-state index in [0.29, 0.717) is 19.8 Å². The van der Waals surface area contributed by atoms with Crippen molar-refractivity contribution < 1.29 is 28.4 Å². The van der Waals surface area contributed by atoms with Gasteiger partial charge in [0, 0.05) is 6.61 Å². The van der Waals surface area contributed by atoms with Crippen LogP contribution in [0.25, 0.3) is 0 Å². The summed E-state index contributed by atoms with van der Waals surface area (Å²) >= 11 is 0. The number of fused-ring (bicyclic) bond motifs is 3. The molecule has 0 N–H and O–H groups in total. The van der Waals surface area contributed by atoms with Crippen molar-refractivity contribution in [3.63, 3.8) is 0 Å². The van der Waals surface area contributed by atoms with E-state index in [1.807, 2.05) is 34.6 Å². The summed E-state index contributed by atoms with van der Waals surface area (Å²) in [5.74, 6) is -2.27. The van der Waals surface area contributed by atoms with Crippen molar-refractivity contribution in [2.75, 3.05) is 19.8 Å². The first-order chi connectivity index (χ1) is 9.27. The zero-order valence-electron chi connectivity index (χ0n) is 12.8. The van der Waals surface area contributed by atoms with E-state index in [1.54, 1.807) is 0 Å². The summed E-state index contributed by atoms with van der Waals surface area (Å²) in [4.78, 5) is 0. The predicted molar refractivity (Wildman–Crippen MR) is 69.0 cm³/mol. The maximum atomic E-state index is 6.03. The fourth-order valence-electron chi connectivity index (χ4n) is 3.19. The number of ether oxygens (including phenoxy) is 6. The van der Waals surface area contributed by atoms with Crippen molar-refractivity contribution in [1.29, 1.82) is 0 Å². The lowest BCUT2D eigenvalue weighted by atomic mass is 9.97. The Balaban J connectivity index is 1.86. The van der Waals surface area contributed by atoms with Gasteiger partial charge in [-0.15, -0.1) is 0 Å². The molecule has 3 fully saturated rings. The molecule has 0 aromatic carbocycles. The molecule has 0 spiro atoms. The minimum absolute atomic E-state index is 0.137. The van der Waals surface area contributed by atoms with Gasteiger partial charge in [0.25, 0.3) is 0 Å². The third kappa shape index (κ3) is 2.38. The van der Waals surface area contributed by atoms with E-state index in [0.717, 1.165) is 0 Å². The molecule has 3 heterocycles. The molecular weight excluding hydrogens is 264 g/mol. The van der Waals surface area contributed by atoms with E-state index < -0.39 is 17.4 Å². The van der Waals surface area contributed by atoms with Crippen molar-refractivity contribution in [3.05, 3.63) is 0 Å². The van der Waals surface area contributed by atoms with Crippen molar-refractivity contribution >= 4 is 0 Å². The average Bonchev–Trinajstić information content (AvgIpc) is 2.78. The lowest BCUT2D eigenvalue weighted by Crippen LogP contribution is -2.60. The highest BCUT2D eigenvalue weighted by Gasteiger charge is 2.65. The number of hydrogen-bond donors (Lipinski definition) is 0. The molecule has 116 valence electrons. The second-order valence-corrected chi connectivity index (χ2v) is 6.44. The highest BCUT2D eigenvalue weighted by Crippen LogP contribution is 2.47. The smallest absolute Gasteiger partial charge is 0.224 e. The van der Waals surface area contributed by atoms with Crippen molar-refractivity contribution in [3.8, 4) is 0 Å². The van der Waals surface area contributed by atoms with Crippen LogP contribution < -0.4 is 0 Å². The first-order valence-electron chi connectivity index (χ1n) is 7.22. The Morgan fingerprint density at radius 1 is 1.05 bits per heavy atom. The molecule has 20 heavy (non-hydrogen) atoms. The fraction of sp³-hybridized carbons (Fsp3) is 1.00. The zero-order valence-corrected chi connectivity index (χ0v) is 12.8. The van der Waals surface area contributed by atoms with E-state index in [-0.39, 0.29) is 18.3 Å². The fourth-order valence-corrected chi connectivity index (χ4v) is 3.19. The molecule has 6 heteroatoms. The Hall–Kier alpha value is -0.240. The van der Waals surface area contributed by atoms with Gasteiger partial charge in [-0.05, 0) is 34.6 Å². The molecule has 0 aliphatic carbocycles. The van der Waals surface area contributed by atoms with Gasteiger partial charge in [-0.1, -0.05) is 0 Å². The standard InChI is InChI=1S/C14H24O6/c1-6-15-8-14-11(19-13(4,5)20-14)10-9(7-16-14)17-12(2,3)18-10/h9-11H,6-8H2,1-5H3/t9-,10-,11+,14+/m1/s1. The molecule has 4 atom stereocenters. The third-order valence-corrected chi connectivity index (χ3v) is 3.78. The van der Waals surface area contributed by atoms with Crippen LogP contribution in [-0.2, 0) is 28.4 Å². The molecule has 3 saturated heterocycles. The van der Waals surface area contributed by atoms with Crippen LogP contribution in [0.2, 0.25) is 0 Å².